The summed E-state index contributed by atoms with van der Waals surface area (Å²) in [6.07, 6.45) is 2.82. The standard InChI is InChI=1S/C12H12FN3O.ClH/c13-9-4-1-3-8(7-9)10-15-11(16-17-10)12(14)5-2-6-12;/h1,3-4,7H,2,5-6,14H2;1H. The predicted molar refractivity (Wildman–Crippen MR) is 66.7 cm³/mol. The van der Waals surface area contributed by atoms with E-state index in [1.165, 1.54) is 12.1 Å². The van der Waals surface area contributed by atoms with Crippen LogP contribution in [0.3, 0.4) is 0 Å². The van der Waals surface area contributed by atoms with Crippen molar-refractivity contribution in [2.24, 2.45) is 5.73 Å². The molecular weight excluding hydrogens is 257 g/mol. The Balaban J connectivity index is 0.00000120. The number of nitrogens with two attached hydrogens (primary N) is 1. The van der Waals surface area contributed by atoms with Gasteiger partial charge in [0.1, 0.15) is 5.82 Å². The summed E-state index contributed by atoms with van der Waals surface area (Å²) in [6, 6.07) is 6.07. The zero-order valence-electron chi connectivity index (χ0n) is 9.60. The van der Waals surface area contributed by atoms with Crippen LogP contribution in [-0.4, -0.2) is 10.1 Å². The zero-order valence-corrected chi connectivity index (χ0v) is 10.4. The van der Waals surface area contributed by atoms with E-state index in [0.29, 0.717) is 17.3 Å². The summed E-state index contributed by atoms with van der Waals surface area (Å²) in [5.41, 5.74) is 6.21. The summed E-state index contributed by atoms with van der Waals surface area (Å²) >= 11 is 0. The van der Waals surface area contributed by atoms with Crippen molar-refractivity contribution in [1.82, 2.24) is 10.1 Å². The molecule has 0 saturated heterocycles. The lowest BCUT2D eigenvalue weighted by Gasteiger charge is -2.34. The van der Waals surface area contributed by atoms with Crippen molar-refractivity contribution in [2.75, 3.05) is 0 Å². The van der Waals surface area contributed by atoms with Crippen LogP contribution in [-0.2, 0) is 5.54 Å². The van der Waals surface area contributed by atoms with Crippen molar-refractivity contribution >= 4 is 12.4 Å². The van der Waals surface area contributed by atoms with Gasteiger partial charge in [0.05, 0.1) is 5.54 Å². The molecule has 96 valence electrons. The molecule has 2 N–H and O–H groups in total. The summed E-state index contributed by atoms with van der Waals surface area (Å²) in [4.78, 5) is 4.25. The SMILES string of the molecule is Cl.NC1(c2noc(-c3cccc(F)c3)n2)CCC1. The molecule has 4 nitrogen and oxygen atoms in total. The van der Waals surface area contributed by atoms with Gasteiger partial charge in [0.2, 0.25) is 0 Å². The van der Waals surface area contributed by atoms with Gasteiger partial charge in [-0.25, -0.2) is 4.39 Å². The average Bonchev–Trinajstić information content (AvgIpc) is 2.75. The Morgan fingerprint density at radius 2 is 2.11 bits per heavy atom. The van der Waals surface area contributed by atoms with Crippen molar-refractivity contribution in [1.29, 1.82) is 0 Å². The molecule has 18 heavy (non-hydrogen) atoms. The van der Waals surface area contributed by atoms with E-state index in [2.05, 4.69) is 10.1 Å². The maximum Gasteiger partial charge on any atom is 0.258 e. The molecule has 2 aromatic rings. The summed E-state index contributed by atoms with van der Waals surface area (Å²) in [6.45, 7) is 0. The molecule has 1 aliphatic rings. The van der Waals surface area contributed by atoms with Crippen LogP contribution in [0.15, 0.2) is 28.8 Å². The largest absolute Gasteiger partial charge is 0.334 e. The maximum atomic E-state index is 13.1. The molecule has 0 amide bonds. The van der Waals surface area contributed by atoms with E-state index in [1.54, 1.807) is 12.1 Å². The molecule has 0 unspecified atom stereocenters. The molecule has 0 bridgehead atoms. The van der Waals surface area contributed by atoms with E-state index in [-0.39, 0.29) is 18.2 Å². The molecule has 1 saturated carbocycles. The number of rotatable bonds is 2. The third-order valence-electron chi connectivity index (χ3n) is 3.19. The fraction of sp³-hybridized carbons (Fsp3) is 0.333. The van der Waals surface area contributed by atoms with Crippen LogP contribution < -0.4 is 5.73 Å². The number of hydrogen-bond donors (Lipinski definition) is 1. The first kappa shape index (κ1) is 13.0. The number of halogens is 2. The van der Waals surface area contributed by atoms with Gasteiger partial charge in [-0.15, -0.1) is 12.4 Å². The van der Waals surface area contributed by atoms with Gasteiger partial charge in [0.15, 0.2) is 5.82 Å². The van der Waals surface area contributed by atoms with Gasteiger partial charge >= 0.3 is 0 Å². The lowest BCUT2D eigenvalue weighted by atomic mass is 9.77. The smallest absolute Gasteiger partial charge is 0.258 e. The summed E-state index contributed by atoms with van der Waals surface area (Å²) in [7, 11) is 0. The Morgan fingerprint density at radius 3 is 2.72 bits per heavy atom. The normalized spacial score (nSPS) is 16.8. The minimum atomic E-state index is -0.449. The lowest BCUT2D eigenvalue weighted by Crippen LogP contribution is -2.44. The van der Waals surface area contributed by atoms with Crippen LogP contribution in [0, 0.1) is 5.82 Å². The molecule has 0 atom stereocenters. The van der Waals surface area contributed by atoms with Gasteiger partial charge in [-0.3, -0.25) is 0 Å². The van der Waals surface area contributed by atoms with Crippen molar-refractivity contribution in [3.63, 3.8) is 0 Å². The quantitative estimate of drug-likeness (QED) is 0.910. The highest BCUT2D eigenvalue weighted by atomic mass is 35.5. The molecular formula is C12H13ClFN3O. The van der Waals surface area contributed by atoms with E-state index in [1.807, 2.05) is 0 Å². The van der Waals surface area contributed by atoms with Gasteiger partial charge in [0.25, 0.3) is 5.89 Å². The van der Waals surface area contributed by atoms with E-state index >= 15 is 0 Å². The first-order chi connectivity index (χ1) is 8.17. The maximum absolute atomic E-state index is 13.1. The topological polar surface area (TPSA) is 64.9 Å². The van der Waals surface area contributed by atoms with Crippen molar-refractivity contribution in [3.8, 4) is 11.5 Å². The van der Waals surface area contributed by atoms with Crippen LogP contribution >= 0.6 is 12.4 Å². The fourth-order valence-corrected chi connectivity index (χ4v) is 1.95. The zero-order chi connectivity index (χ0) is 11.9. The second kappa shape index (κ2) is 4.66. The minimum Gasteiger partial charge on any atom is -0.334 e. The van der Waals surface area contributed by atoms with Gasteiger partial charge in [-0.1, -0.05) is 11.2 Å². The first-order valence-electron chi connectivity index (χ1n) is 5.56. The Hall–Kier alpha value is -1.46. The molecule has 1 heterocycles. The van der Waals surface area contributed by atoms with E-state index in [9.17, 15) is 4.39 Å². The van der Waals surface area contributed by atoms with Crippen LogP contribution in [0.4, 0.5) is 4.39 Å². The molecule has 1 aromatic heterocycles. The van der Waals surface area contributed by atoms with Crippen molar-refractivity contribution in [3.05, 3.63) is 35.9 Å². The van der Waals surface area contributed by atoms with E-state index in [0.717, 1.165) is 19.3 Å². The van der Waals surface area contributed by atoms with Crippen LogP contribution in [0.2, 0.25) is 0 Å². The Bertz CT molecular complexity index is 554. The predicted octanol–water partition coefficient (Wildman–Crippen LogP) is 2.64. The summed E-state index contributed by atoms with van der Waals surface area (Å²) < 4.78 is 18.2. The highest BCUT2D eigenvalue weighted by Crippen LogP contribution is 2.37. The Morgan fingerprint density at radius 1 is 1.33 bits per heavy atom. The molecule has 0 spiro atoms. The molecule has 1 fully saturated rings. The Labute approximate surface area is 110 Å². The van der Waals surface area contributed by atoms with Gasteiger partial charge in [-0.05, 0) is 37.5 Å². The fourth-order valence-electron chi connectivity index (χ4n) is 1.95. The highest BCUT2D eigenvalue weighted by Gasteiger charge is 2.39. The van der Waals surface area contributed by atoms with E-state index in [4.69, 9.17) is 10.3 Å². The van der Waals surface area contributed by atoms with Gasteiger partial charge < -0.3 is 10.3 Å². The third kappa shape index (κ3) is 2.11. The number of aromatic nitrogens is 2. The van der Waals surface area contributed by atoms with Gasteiger partial charge in [0, 0.05) is 5.56 Å². The number of hydrogen-bond acceptors (Lipinski definition) is 4. The first-order valence-corrected chi connectivity index (χ1v) is 5.56. The Kier molecular flexibility index (Phi) is 3.36. The molecule has 0 radical (unpaired) electrons. The van der Waals surface area contributed by atoms with Crippen LogP contribution in [0.1, 0.15) is 25.1 Å². The van der Waals surface area contributed by atoms with Crippen LogP contribution in [0.5, 0.6) is 0 Å². The van der Waals surface area contributed by atoms with Crippen molar-refractivity contribution in [2.45, 2.75) is 24.8 Å². The number of nitrogens with zero attached hydrogens (tertiary/aromatic N) is 2. The number of benzene rings is 1. The van der Waals surface area contributed by atoms with Crippen molar-refractivity contribution < 1.29 is 8.91 Å². The minimum absolute atomic E-state index is 0. The van der Waals surface area contributed by atoms with Gasteiger partial charge in [-0.2, -0.15) is 4.98 Å². The summed E-state index contributed by atoms with van der Waals surface area (Å²) in [5.74, 6) is 0.507. The van der Waals surface area contributed by atoms with E-state index < -0.39 is 5.54 Å². The monoisotopic (exact) mass is 269 g/mol. The highest BCUT2D eigenvalue weighted by molar-refractivity contribution is 5.85. The molecule has 0 aliphatic heterocycles. The average molecular weight is 270 g/mol. The second-order valence-electron chi connectivity index (χ2n) is 4.44. The molecule has 3 rings (SSSR count). The lowest BCUT2D eigenvalue weighted by molar-refractivity contribution is 0.229. The summed E-state index contributed by atoms with van der Waals surface area (Å²) in [5, 5.41) is 3.88. The second-order valence-corrected chi connectivity index (χ2v) is 4.44. The third-order valence-corrected chi connectivity index (χ3v) is 3.19. The van der Waals surface area contributed by atoms with Crippen LogP contribution in [0.25, 0.3) is 11.5 Å². The molecule has 1 aliphatic carbocycles. The molecule has 1 aromatic carbocycles. The molecule has 6 heteroatoms.